The number of alkyl halides is 3. The number of thiocarbonyl (C=S) groups is 1. The lowest BCUT2D eigenvalue weighted by Gasteiger charge is -2.32. The van der Waals surface area contributed by atoms with E-state index in [4.69, 9.17) is 18.0 Å². The first-order chi connectivity index (χ1) is 17.4. The number of amides is 2. The molecule has 4 N–H and O–H groups in total. The number of benzene rings is 2. The van der Waals surface area contributed by atoms with Gasteiger partial charge in [0.05, 0.1) is 0 Å². The third kappa shape index (κ3) is 5.43. The summed E-state index contributed by atoms with van der Waals surface area (Å²) in [6.45, 7) is -0.206. The molecule has 1 aliphatic rings. The number of aromatic nitrogens is 1. The molecule has 0 radical (unpaired) electrons. The van der Waals surface area contributed by atoms with Gasteiger partial charge in [0, 0.05) is 61.0 Å². The number of urea groups is 1. The summed E-state index contributed by atoms with van der Waals surface area (Å²) in [5.74, 6) is 0. The van der Waals surface area contributed by atoms with Crippen LogP contribution in [-0.2, 0) is 16.6 Å². The van der Waals surface area contributed by atoms with Crippen molar-refractivity contribution in [1.82, 2.24) is 19.5 Å². The molecule has 4 rings (SSSR count). The molecule has 0 saturated carbocycles. The maximum Gasteiger partial charge on any atom is 0.511 e. The molecule has 8 nitrogen and oxygen atoms in total. The van der Waals surface area contributed by atoms with Gasteiger partial charge < -0.3 is 20.9 Å². The van der Waals surface area contributed by atoms with Gasteiger partial charge in [-0.1, -0.05) is 42.5 Å². The van der Waals surface area contributed by atoms with Crippen LogP contribution < -0.4 is 16.4 Å². The number of piperidine rings is 1. The van der Waals surface area contributed by atoms with Gasteiger partial charge in [-0.15, -0.1) is 0 Å². The third-order valence-corrected chi connectivity index (χ3v) is 8.35. The van der Waals surface area contributed by atoms with Gasteiger partial charge in [0.25, 0.3) is 0 Å². The summed E-state index contributed by atoms with van der Waals surface area (Å²) in [5.41, 5.74) is 4.59. The van der Waals surface area contributed by atoms with Crippen molar-refractivity contribution in [3.63, 3.8) is 0 Å². The van der Waals surface area contributed by atoms with E-state index in [1.165, 1.54) is 7.05 Å². The predicted molar refractivity (Wildman–Crippen MR) is 139 cm³/mol. The number of halogens is 3. The lowest BCUT2D eigenvalue weighted by Crippen LogP contribution is -2.45. The molecule has 13 heteroatoms. The van der Waals surface area contributed by atoms with E-state index in [9.17, 15) is 26.4 Å². The quantitative estimate of drug-likeness (QED) is 0.402. The molecular formula is C24H26F3N5O3S2. The van der Waals surface area contributed by atoms with Gasteiger partial charge >= 0.3 is 21.6 Å². The number of fused-ring (bicyclic) bond motifs is 1. The molecule has 37 heavy (non-hydrogen) atoms. The van der Waals surface area contributed by atoms with Gasteiger partial charge in [-0.2, -0.15) is 17.5 Å². The topological polar surface area (TPSA) is 109 Å². The Labute approximate surface area is 217 Å². The van der Waals surface area contributed by atoms with Crippen LogP contribution in [0.4, 0.5) is 18.0 Å². The second-order valence-electron chi connectivity index (χ2n) is 8.76. The zero-order valence-corrected chi connectivity index (χ0v) is 21.5. The molecule has 2 amide bonds. The van der Waals surface area contributed by atoms with E-state index in [0.29, 0.717) is 9.87 Å². The van der Waals surface area contributed by atoms with Gasteiger partial charge in [-0.25, -0.2) is 13.2 Å². The SMILES string of the molecule is CNC(=O)NCc1ccc2c(-c3cccc(C(N)=S)c3)cn(C3CCN(S(=O)(=O)C(F)(F)F)CC3)c2c1. The van der Waals surface area contributed by atoms with Gasteiger partial charge in [0.1, 0.15) is 4.99 Å². The summed E-state index contributed by atoms with van der Waals surface area (Å²) in [5, 5.41) is 6.13. The largest absolute Gasteiger partial charge is 0.511 e. The Morgan fingerprint density at radius 2 is 1.86 bits per heavy atom. The van der Waals surface area contributed by atoms with E-state index in [2.05, 4.69) is 10.6 Å². The maximum absolute atomic E-state index is 13.0. The molecule has 0 spiro atoms. The van der Waals surface area contributed by atoms with Crippen LogP contribution in [0.15, 0.2) is 48.7 Å². The van der Waals surface area contributed by atoms with E-state index in [0.717, 1.165) is 27.6 Å². The van der Waals surface area contributed by atoms with Crippen LogP contribution in [0, 0.1) is 0 Å². The number of sulfonamides is 1. The van der Waals surface area contributed by atoms with Gasteiger partial charge in [-0.05, 0) is 36.1 Å². The van der Waals surface area contributed by atoms with Crippen LogP contribution in [0.5, 0.6) is 0 Å². The number of carbonyl (C=O) groups is 1. The lowest BCUT2D eigenvalue weighted by atomic mass is 10.0. The monoisotopic (exact) mass is 553 g/mol. The smallest absolute Gasteiger partial charge is 0.389 e. The average molecular weight is 554 g/mol. The molecule has 2 heterocycles. The molecule has 1 fully saturated rings. The Kier molecular flexibility index (Phi) is 7.49. The molecule has 0 aliphatic carbocycles. The van der Waals surface area contributed by atoms with Crippen LogP contribution >= 0.6 is 12.2 Å². The van der Waals surface area contributed by atoms with E-state index in [1.807, 2.05) is 53.2 Å². The Morgan fingerprint density at radius 1 is 1.16 bits per heavy atom. The van der Waals surface area contributed by atoms with Crippen molar-refractivity contribution in [3.05, 3.63) is 59.8 Å². The minimum absolute atomic E-state index is 0.214. The number of carbonyl (C=O) groups excluding carboxylic acids is 1. The van der Waals surface area contributed by atoms with Crippen molar-refractivity contribution in [1.29, 1.82) is 0 Å². The molecular weight excluding hydrogens is 527 g/mol. The molecule has 0 bridgehead atoms. The zero-order valence-electron chi connectivity index (χ0n) is 19.9. The molecule has 198 valence electrons. The molecule has 2 aromatic carbocycles. The van der Waals surface area contributed by atoms with Crippen LogP contribution in [0.25, 0.3) is 22.0 Å². The van der Waals surface area contributed by atoms with Crippen molar-refractivity contribution < 1.29 is 26.4 Å². The Balaban J connectivity index is 1.73. The van der Waals surface area contributed by atoms with E-state index >= 15 is 0 Å². The van der Waals surface area contributed by atoms with Crippen molar-refractivity contribution in [2.75, 3.05) is 20.1 Å². The highest BCUT2D eigenvalue weighted by Crippen LogP contribution is 2.38. The highest BCUT2D eigenvalue weighted by atomic mass is 32.2. The standard InChI is InChI=1S/C24H26F3N5O3S2/c1-29-23(33)30-13-15-5-6-19-20(16-3-2-4-17(12-16)22(28)36)14-32(21(19)11-15)18-7-9-31(10-8-18)37(34,35)24(25,26)27/h2-6,11-12,14,18H,7-10,13H2,1H3,(H2,28,36)(H2,29,30,33). The summed E-state index contributed by atoms with van der Waals surface area (Å²) in [6, 6.07) is 12.6. The second-order valence-corrected chi connectivity index (χ2v) is 11.1. The van der Waals surface area contributed by atoms with E-state index in [1.54, 1.807) is 0 Å². The Hall–Kier alpha value is -3.16. The number of hydrogen-bond donors (Lipinski definition) is 3. The molecule has 1 saturated heterocycles. The van der Waals surface area contributed by atoms with E-state index < -0.39 is 15.5 Å². The average Bonchev–Trinajstić information content (AvgIpc) is 3.25. The maximum atomic E-state index is 13.0. The summed E-state index contributed by atoms with van der Waals surface area (Å²) < 4.78 is 65.3. The second kappa shape index (κ2) is 10.3. The number of nitrogens with two attached hydrogens (primary N) is 1. The molecule has 1 aromatic heterocycles. The molecule has 0 atom stereocenters. The molecule has 3 aromatic rings. The van der Waals surface area contributed by atoms with Gasteiger partial charge in [-0.3, -0.25) is 0 Å². The third-order valence-electron chi connectivity index (χ3n) is 6.49. The lowest BCUT2D eigenvalue weighted by molar-refractivity contribution is -0.0496. The first-order valence-electron chi connectivity index (χ1n) is 11.5. The van der Waals surface area contributed by atoms with Gasteiger partial charge in [0.2, 0.25) is 0 Å². The first kappa shape index (κ1) is 26.9. The first-order valence-corrected chi connectivity index (χ1v) is 13.3. The minimum Gasteiger partial charge on any atom is -0.389 e. The van der Waals surface area contributed by atoms with Crippen LogP contribution in [0.2, 0.25) is 0 Å². The van der Waals surface area contributed by atoms with Crippen LogP contribution in [0.1, 0.15) is 30.0 Å². The van der Waals surface area contributed by atoms with Crippen LogP contribution in [-0.4, -0.2) is 54.0 Å². The zero-order chi connectivity index (χ0) is 27.0. The van der Waals surface area contributed by atoms with Gasteiger partial charge in [0.15, 0.2) is 0 Å². The number of nitrogens with one attached hydrogen (secondary N) is 2. The predicted octanol–water partition coefficient (Wildman–Crippen LogP) is 3.86. The van der Waals surface area contributed by atoms with Crippen molar-refractivity contribution in [2.45, 2.75) is 30.9 Å². The van der Waals surface area contributed by atoms with E-state index in [-0.39, 0.29) is 49.5 Å². The summed E-state index contributed by atoms with van der Waals surface area (Å²) in [6.07, 6.45) is 2.36. The highest BCUT2D eigenvalue weighted by molar-refractivity contribution is 7.90. The van der Waals surface area contributed by atoms with Crippen molar-refractivity contribution in [2.24, 2.45) is 5.73 Å². The molecule has 0 unspecified atom stereocenters. The number of rotatable bonds is 6. The fourth-order valence-electron chi connectivity index (χ4n) is 4.56. The van der Waals surface area contributed by atoms with Crippen LogP contribution in [0.3, 0.4) is 0 Å². The summed E-state index contributed by atoms with van der Waals surface area (Å²) in [7, 11) is -3.85. The molecule has 1 aliphatic heterocycles. The summed E-state index contributed by atoms with van der Waals surface area (Å²) in [4.78, 5) is 11.9. The minimum atomic E-state index is -5.37. The fourth-order valence-corrected chi connectivity index (χ4v) is 5.67. The van der Waals surface area contributed by atoms with Crippen molar-refractivity contribution >= 4 is 44.2 Å². The summed E-state index contributed by atoms with van der Waals surface area (Å²) >= 11 is 5.12. The Morgan fingerprint density at radius 3 is 2.49 bits per heavy atom. The highest BCUT2D eigenvalue weighted by Gasteiger charge is 2.50. The van der Waals surface area contributed by atoms with Crippen molar-refractivity contribution in [3.8, 4) is 11.1 Å². The Bertz CT molecular complexity index is 1450. The fraction of sp³-hybridized carbons (Fsp3) is 0.333. The number of hydrogen-bond acceptors (Lipinski definition) is 4. The number of nitrogens with zero attached hydrogens (tertiary/aromatic N) is 2. The normalized spacial score (nSPS) is 15.6.